The van der Waals surface area contributed by atoms with Crippen molar-refractivity contribution in [2.75, 3.05) is 6.61 Å². The first-order chi connectivity index (χ1) is 9.70. The molecule has 1 aromatic heterocycles. The fourth-order valence-corrected chi connectivity index (χ4v) is 1.66. The molecular weight excluding hydrogens is 258 g/mol. The van der Waals surface area contributed by atoms with E-state index in [9.17, 15) is 10.1 Å². The molecule has 0 aliphatic heterocycles. The van der Waals surface area contributed by atoms with Gasteiger partial charge in [0.05, 0.1) is 11.5 Å². The molecule has 0 radical (unpaired) electrons. The van der Waals surface area contributed by atoms with Crippen molar-refractivity contribution in [3.05, 3.63) is 64.0 Å². The standard InChI is InChI=1S/C14H11N3O3/c15-10-11-9-13(17(18)19)4-5-14(11)20-8-6-12-3-1-2-7-16-12/h1-5,7,9H,6,8H2. The highest BCUT2D eigenvalue weighted by Gasteiger charge is 2.11. The van der Waals surface area contributed by atoms with Gasteiger partial charge in [0.1, 0.15) is 17.4 Å². The Kier molecular flexibility index (Phi) is 4.24. The predicted molar refractivity (Wildman–Crippen MR) is 71.2 cm³/mol. The van der Waals surface area contributed by atoms with Crippen LogP contribution in [0.15, 0.2) is 42.6 Å². The van der Waals surface area contributed by atoms with E-state index in [0.29, 0.717) is 18.8 Å². The number of benzene rings is 1. The van der Waals surface area contributed by atoms with E-state index >= 15 is 0 Å². The third-order valence-corrected chi connectivity index (χ3v) is 2.64. The Morgan fingerprint density at radius 2 is 2.20 bits per heavy atom. The summed E-state index contributed by atoms with van der Waals surface area (Å²) in [6.45, 7) is 0.351. The molecule has 0 fully saturated rings. The molecular formula is C14H11N3O3. The Bertz CT molecular complexity index is 650. The molecule has 0 atom stereocenters. The summed E-state index contributed by atoms with van der Waals surface area (Å²) < 4.78 is 5.48. The van der Waals surface area contributed by atoms with Gasteiger partial charge in [-0.2, -0.15) is 5.26 Å². The third kappa shape index (κ3) is 3.29. The van der Waals surface area contributed by atoms with E-state index in [2.05, 4.69) is 4.98 Å². The molecule has 0 bridgehead atoms. The van der Waals surface area contributed by atoms with Gasteiger partial charge in [0.2, 0.25) is 0 Å². The van der Waals surface area contributed by atoms with Crippen molar-refractivity contribution in [3.63, 3.8) is 0 Å². The minimum absolute atomic E-state index is 0.126. The Hall–Kier alpha value is -2.94. The lowest BCUT2D eigenvalue weighted by Crippen LogP contribution is -2.04. The average Bonchev–Trinajstić information content (AvgIpc) is 2.48. The van der Waals surface area contributed by atoms with Crippen LogP contribution in [-0.2, 0) is 6.42 Å². The molecule has 6 nitrogen and oxygen atoms in total. The van der Waals surface area contributed by atoms with E-state index in [0.717, 1.165) is 5.69 Å². The second kappa shape index (κ2) is 6.29. The Labute approximate surface area is 115 Å². The van der Waals surface area contributed by atoms with Gasteiger partial charge in [-0.15, -0.1) is 0 Å². The van der Waals surface area contributed by atoms with Gasteiger partial charge in [-0.05, 0) is 18.2 Å². The minimum atomic E-state index is -0.543. The zero-order chi connectivity index (χ0) is 14.4. The molecule has 0 aliphatic carbocycles. The smallest absolute Gasteiger partial charge is 0.271 e. The number of nitro groups is 1. The van der Waals surface area contributed by atoms with Crippen LogP contribution in [0.1, 0.15) is 11.3 Å². The van der Waals surface area contributed by atoms with E-state index < -0.39 is 4.92 Å². The molecule has 0 saturated carbocycles. The summed E-state index contributed by atoms with van der Waals surface area (Å²) in [5.74, 6) is 0.342. The Balaban J connectivity index is 2.03. The first-order valence-electron chi connectivity index (χ1n) is 5.92. The maximum atomic E-state index is 10.6. The van der Waals surface area contributed by atoms with Gasteiger partial charge in [-0.3, -0.25) is 15.1 Å². The summed E-state index contributed by atoms with van der Waals surface area (Å²) in [6.07, 6.45) is 2.30. The summed E-state index contributed by atoms with van der Waals surface area (Å²) in [7, 11) is 0. The topological polar surface area (TPSA) is 89.0 Å². The molecule has 0 saturated heterocycles. The number of nitriles is 1. The average molecular weight is 269 g/mol. The molecule has 2 rings (SSSR count). The lowest BCUT2D eigenvalue weighted by Gasteiger charge is -2.07. The van der Waals surface area contributed by atoms with Crippen LogP contribution in [0.2, 0.25) is 0 Å². The van der Waals surface area contributed by atoms with Crippen molar-refractivity contribution >= 4 is 5.69 Å². The third-order valence-electron chi connectivity index (χ3n) is 2.64. The molecule has 0 spiro atoms. The molecule has 0 N–H and O–H groups in total. The fraction of sp³-hybridized carbons (Fsp3) is 0.143. The van der Waals surface area contributed by atoms with Gasteiger partial charge in [-0.1, -0.05) is 6.07 Å². The van der Waals surface area contributed by atoms with Gasteiger partial charge in [0, 0.05) is 30.4 Å². The van der Waals surface area contributed by atoms with Crippen LogP contribution in [0.4, 0.5) is 5.69 Å². The van der Waals surface area contributed by atoms with E-state index in [1.165, 1.54) is 18.2 Å². The molecule has 1 aromatic carbocycles. The summed E-state index contributed by atoms with van der Waals surface area (Å²) in [5, 5.41) is 19.6. The lowest BCUT2D eigenvalue weighted by atomic mass is 10.2. The van der Waals surface area contributed by atoms with Crippen LogP contribution >= 0.6 is 0 Å². The van der Waals surface area contributed by atoms with Crippen LogP contribution in [0.25, 0.3) is 0 Å². The highest BCUT2D eigenvalue weighted by molar-refractivity contribution is 5.50. The number of aromatic nitrogens is 1. The molecule has 1 heterocycles. The second-order valence-corrected chi connectivity index (χ2v) is 3.97. The summed E-state index contributed by atoms with van der Waals surface area (Å²) in [5.41, 5.74) is 0.909. The van der Waals surface area contributed by atoms with Crippen LogP contribution < -0.4 is 4.74 Å². The van der Waals surface area contributed by atoms with Gasteiger partial charge in [0.25, 0.3) is 5.69 Å². The van der Waals surface area contributed by atoms with Crippen LogP contribution in [0.3, 0.4) is 0 Å². The normalized spacial score (nSPS) is 9.75. The molecule has 6 heteroatoms. The van der Waals surface area contributed by atoms with Crippen molar-refractivity contribution < 1.29 is 9.66 Å². The number of nitrogens with zero attached hydrogens (tertiary/aromatic N) is 3. The van der Waals surface area contributed by atoms with Gasteiger partial charge < -0.3 is 4.74 Å². The zero-order valence-electron chi connectivity index (χ0n) is 10.5. The van der Waals surface area contributed by atoms with Crippen molar-refractivity contribution in [3.8, 4) is 11.8 Å². The minimum Gasteiger partial charge on any atom is -0.492 e. The maximum absolute atomic E-state index is 10.6. The number of nitro benzene ring substituents is 1. The Morgan fingerprint density at radius 3 is 2.85 bits per heavy atom. The quantitative estimate of drug-likeness (QED) is 0.614. The Morgan fingerprint density at radius 1 is 1.35 bits per heavy atom. The van der Waals surface area contributed by atoms with Crippen molar-refractivity contribution in [2.45, 2.75) is 6.42 Å². The first-order valence-corrected chi connectivity index (χ1v) is 5.92. The van der Waals surface area contributed by atoms with E-state index in [1.807, 2.05) is 24.3 Å². The van der Waals surface area contributed by atoms with E-state index in [-0.39, 0.29) is 11.3 Å². The molecule has 100 valence electrons. The van der Waals surface area contributed by atoms with Gasteiger partial charge >= 0.3 is 0 Å². The fourth-order valence-electron chi connectivity index (χ4n) is 1.66. The number of non-ortho nitro benzene ring substituents is 1. The monoisotopic (exact) mass is 269 g/mol. The van der Waals surface area contributed by atoms with Crippen molar-refractivity contribution in [2.24, 2.45) is 0 Å². The molecule has 20 heavy (non-hydrogen) atoms. The molecule has 2 aromatic rings. The van der Waals surface area contributed by atoms with Crippen LogP contribution in [0, 0.1) is 21.4 Å². The number of rotatable bonds is 5. The SMILES string of the molecule is N#Cc1cc([N+](=O)[O-])ccc1OCCc1ccccn1. The summed E-state index contributed by atoms with van der Waals surface area (Å²) in [4.78, 5) is 14.2. The van der Waals surface area contributed by atoms with E-state index in [4.69, 9.17) is 10.00 Å². The van der Waals surface area contributed by atoms with Crippen LogP contribution in [-0.4, -0.2) is 16.5 Å². The largest absolute Gasteiger partial charge is 0.492 e. The highest BCUT2D eigenvalue weighted by Crippen LogP contribution is 2.23. The number of hydrogen-bond donors (Lipinski definition) is 0. The second-order valence-electron chi connectivity index (χ2n) is 3.97. The molecule has 0 aliphatic rings. The van der Waals surface area contributed by atoms with Gasteiger partial charge in [0.15, 0.2) is 0 Å². The maximum Gasteiger partial charge on any atom is 0.271 e. The molecule has 0 amide bonds. The number of pyridine rings is 1. The lowest BCUT2D eigenvalue weighted by molar-refractivity contribution is -0.384. The van der Waals surface area contributed by atoms with Gasteiger partial charge in [-0.25, -0.2) is 0 Å². The zero-order valence-corrected chi connectivity index (χ0v) is 10.5. The summed E-state index contributed by atoms with van der Waals surface area (Å²) >= 11 is 0. The number of hydrogen-bond acceptors (Lipinski definition) is 5. The molecule has 0 unspecified atom stereocenters. The van der Waals surface area contributed by atoms with Crippen molar-refractivity contribution in [1.29, 1.82) is 5.26 Å². The van der Waals surface area contributed by atoms with Crippen molar-refractivity contribution in [1.82, 2.24) is 4.98 Å². The first kappa shape index (κ1) is 13.5. The van der Waals surface area contributed by atoms with Crippen LogP contribution in [0.5, 0.6) is 5.75 Å². The number of ether oxygens (including phenoxy) is 1. The predicted octanol–water partition coefficient (Wildman–Crippen LogP) is 2.48. The summed E-state index contributed by atoms with van der Waals surface area (Å²) in [6, 6.07) is 11.4. The highest BCUT2D eigenvalue weighted by atomic mass is 16.6. The van der Waals surface area contributed by atoms with E-state index in [1.54, 1.807) is 6.20 Å².